The Balaban J connectivity index is 1.79. The summed E-state index contributed by atoms with van der Waals surface area (Å²) in [7, 11) is 0. The monoisotopic (exact) mass is 323 g/mol. The first kappa shape index (κ1) is 15.9. The van der Waals surface area contributed by atoms with E-state index in [2.05, 4.69) is 15.3 Å². The van der Waals surface area contributed by atoms with Crippen LogP contribution in [-0.2, 0) is 6.42 Å². The van der Waals surface area contributed by atoms with Gasteiger partial charge in [0, 0.05) is 17.8 Å². The van der Waals surface area contributed by atoms with E-state index in [1.165, 1.54) is 12.4 Å². The second-order valence-electron chi connectivity index (χ2n) is 5.44. The van der Waals surface area contributed by atoms with Crippen LogP contribution in [0.25, 0.3) is 10.9 Å². The van der Waals surface area contributed by atoms with Crippen molar-refractivity contribution in [2.45, 2.75) is 12.5 Å². The molecule has 2 heterocycles. The molecule has 24 heavy (non-hydrogen) atoms. The zero-order chi connectivity index (χ0) is 16.9. The predicted octanol–water partition coefficient (Wildman–Crippen LogP) is 1.67. The van der Waals surface area contributed by atoms with E-state index >= 15 is 0 Å². The summed E-state index contributed by atoms with van der Waals surface area (Å²) in [4.78, 5) is 20.5. The maximum absolute atomic E-state index is 12.4. The lowest BCUT2D eigenvalue weighted by Gasteiger charge is -2.16. The first-order chi connectivity index (χ1) is 11.7. The summed E-state index contributed by atoms with van der Waals surface area (Å²) in [6.07, 6.45) is 3.51. The van der Waals surface area contributed by atoms with Gasteiger partial charge in [0.05, 0.1) is 12.6 Å². The van der Waals surface area contributed by atoms with Crippen molar-refractivity contribution in [3.05, 3.63) is 66.1 Å². The fourth-order valence-electron chi connectivity index (χ4n) is 2.51. The molecule has 1 atom stereocenters. The molecule has 2 aromatic heterocycles. The Labute approximate surface area is 138 Å². The quantitative estimate of drug-likeness (QED) is 0.664. The van der Waals surface area contributed by atoms with Crippen molar-refractivity contribution in [3.63, 3.8) is 0 Å². The maximum Gasteiger partial charge on any atom is 0.274 e. The number of amides is 1. The molecule has 0 fully saturated rings. The number of fused-ring (bicyclic) bond motifs is 1. The van der Waals surface area contributed by atoms with Gasteiger partial charge in [-0.2, -0.15) is 0 Å². The van der Waals surface area contributed by atoms with Gasteiger partial charge in [-0.15, -0.1) is 0 Å². The second kappa shape index (κ2) is 7.06. The maximum atomic E-state index is 12.4. The van der Waals surface area contributed by atoms with Crippen molar-refractivity contribution in [3.8, 4) is 5.75 Å². The zero-order valence-corrected chi connectivity index (χ0v) is 12.9. The van der Waals surface area contributed by atoms with Gasteiger partial charge < -0.3 is 15.5 Å². The number of aromatic nitrogens is 2. The number of hydrogen-bond acceptors (Lipinski definition) is 5. The molecule has 6 nitrogen and oxygen atoms in total. The molecule has 0 aliphatic heterocycles. The predicted molar refractivity (Wildman–Crippen MR) is 89.7 cm³/mol. The Hall–Kier alpha value is -2.99. The summed E-state index contributed by atoms with van der Waals surface area (Å²) in [5, 5.41) is 23.1. The number of pyridine rings is 2. The van der Waals surface area contributed by atoms with Crippen molar-refractivity contribution in [1.82, 2.24) is 15.3 Å². The highest BCUT2D eigenvalue weighted by atomic mass is 16.3. The van der Waals surface area contributed by atoms with Gasteiger partial charge in [-0.1, -0.05) is 30.3 Å². The number of nitrogens with zero attached hydrogens (tertiary/aromatic N) is 2. The summed E-state index contributed by atoms with van der Waals surface area (Å²) in [6, 6.07) is 12.5. The van der Waals surface area contributed by atoms with E-state index in [1.807, 2.05) is 30.3 Å². The first-order valence-corrected chi connectivity index (χ1v) is 7.57. The van der Waals surface area contributed by atoms with Crippen LogP contribution in [0.5, 0.6) is 5.75 Å². The number of aromatic hydroxyl groups is 1. The van der Waals surface area contributed by atoms with Crippen LogP contribution in [0.3, 0.4) is 0 Å². The molecule has 6 heteroatoms. The van der Waals surface area contributed by atoms with Crippen LogP contribution in [0.1, 0.15) is 16.1 Å². The van der Waals surface area contributed by atoms with Gasteiger partial charge in [0.2, 0.25) is 0 Å². The lowest BCUT2D eigenvalue weighted by atomic mass is 10.1. The van der Waals surface area contributed by atoms with E-state index in [-0.39, 0.29) is 18.1 Å². The summed E-state index contributed by atoms with van der Waals surface area (Å²) in [5.41, 5.74) is 1.21. The smallest absolute Gasteiger partial charge is 0.274 e. The van der Waals surface area contributed by atoms with Gasteiger partial charge in [0.15, 0.2) is 11.4 Å². The number of benzene rings is 1. The highest BCUT2D eigenvalue weighted by Gasteiger charge is 2.19. The number of carbonyl (C=O) groups excluding carboxylic acids is 1. The SMILES string of the molecule is O=C(NC(CO)Cc1ccccc1)c1ncc2cccnc2c1O. The van der Waals surface area contributed by atoms with Gasteiger partial charge in [-0.25, -0.2) is 4.98 Å². The van der Waals surface area contributed by atoms with E-state index in [0.29, 0.717) is 17.3 Å². The molecular formula is C18H17N3O3. The molecule has 0 spiro atoms. The number of hydrogen-bond donors (Lipinski definition) is 3. The third kappa shape index (κ3) is 3.33. The molecule has 3 rings (SSSR count). The third-order valence-corrected chi connectivity index (χ3v) is 3.72. The van der Waals surface area contributed by atoms with Crippen molar-refractivity contribution in [2.75, 3.05) is 6.61 Å². The van der Waals surface area contributed by atoms with E-state index in [9.17, 15) is 15.0 Å². The topological polar surface area (TPSA) is 95.3 Å². The van der Waals surface area contributed by atoms with Crippen LogP contribution >= 0.6 is 0 Å². The molecule has 1 aromatic carbocycles. The number of aliphatic hydroxyl groups excluding tert-OH is 1. The molecule has 3 N–H and O–H groups in total. The molecule has 0 aliphatic rings. The molecule has 1 unspecified atom stereocenters. The van der Waals surface area contributed by atoms with Crippen molar-refractivity contribution in [2.24, 2.45) is 0 Å². The van der Waals surface area contributed by atoms with Crippen LogP contribution in [0.4, 0.5) is 0 Å². The molecular weight excluding hydrogens is 306 g/mol. The van der Waals surface area contributed by atoms with E-state index in [4.69, 9.17) is 0 Å². The largest absolute Gasteiger partial charge is 0.504 e. The van der Waals surface area contributed by atoms with Crippen molar-refractivity contribution in [1.29, 1.82) is 0 Å². The Morgan fingerprint density at radius 3 is 2.67 bits per heavy atom. The van der Waals surface area contributed by atoms with Crippen molar-refractivity contribution >= 4 is 16.8 Å². The summed E-state index contributed by atoms with van der Waals surface area (Å²) in [5.74, 6) is -0.808. The van der Waals surface area contributed by atoms with Gasteiger partial charge in [-0.05, 0) is 24.1 Å². The normalized spacial score (nSPS) is 12.0. The minimum atomic E-state index is -0.546. The molecule has 122 valence electrons. The average molecular weight is 323 g/mol. The molecule has 3 aromatic rings. The fraction of sp³-hybridized carbons (Fsp3) is 0.167. The minimum Gasteiger partial charge on any atom is -0.504 e. The van der Waals surface area contributed by atoms with Crippen LogP contribution in [0, 0.1) is 0 Å². The zero-order valence-electron chi connectivity index (χ0n) is 12.9. The number of aliphatic hydroxyl groups is 1. The molecule has 0 saturated heterocycles. The molecule has 0 saturated carbocycles. The van der Waals surface area contributed by atoms with E-state index < -0.39 is 11.9 Å². The van der Waals surface area contributed by atoms with Crippen LogP contribution in [-0.4, -0.2) is 38.7 Å². The summed E-state index contributed by atoms with van der Waals surface area (Å²) in [6.45, 7) is -0.215. The Kier molecular flexibility index (Phi) is 4.67. The molecule has 0 radical (unpaired) electrons. The van der Waals surface area contributed by atoms with Gasteiger partial charge >= 0.3 is 0 Å². The van der Waals surface area contributed by atoms with Crippen LogP contribution in [0.2, 0.25) is 0 Å². The second-order valence-corrected chi connectivity index (χ2v) is 5.44. The van der Waals surface area contributed by atoms with Gasteiger partial charge in [0.25, 0.3) is 5.91 Å². The van der Waals surface area contributed by atoms with Crippen LogP contribution < -0.4 is 5.32 Å². The Morgan fingerprint density at radius 2 is 1.92 bits per heavy atom. The summed E-state index contributed by atoms with van der Waals surface area (Å²) < 4.78 is 0. The lowest BCUT2D eigenvalue weighted by molar-refractivity contribution is 0.0908. The minimum absolute atomic E-state index is 0.104. The number of rotatable bonds is 5. The lowest BCUT2D eigenvalue weighted by Crippen LogP contribution is -2.39. The first-order valence-electron chi connectivity index (χ1n) is 7.57. The Bertz CT molecular complexity index is 853. The summed E-state index contributed by atoms with van der Waals surface area (Å²) >= 11 is 0. The Morgan fingerprint density at radius 1 is 1.12 bits per heavy atom. The molecule has 0 bridgehead atoms. The standard InChI is InChI=1S/C18H17N3O3/c22-11-14(9-12-5-2-1-3-6-12)21-18(24)16-17(23)15-13(10-20-16)7-4-8-19-15/h1-8,10,14,22-23H,9,11H2,(H,21,24). The molecule has 1 amide bonds. The van der Waals surface area contributed by atoms with Crippen LogP contribution in [0.15, 0.2) is 54.9 Å². The van der Waals surface area contributed by atoms with E-state index in [0.717, 1.165) is 5.56 Å². The van der Waals surface area contributed by atoms with E-state index in [1.54, 1.807) is 12.1 Å². The average Bonchev–Trinajstić information content (AvgIpc) is 2.62. The van der Waals surface area contributed by atoms with Gasteiger partial charge in [0.1, 0.15) is 5.52 Å². The highest BCUT2D eigenvalue weighted by molar-refractivity contribution is 6.00. The highest BCUT2D eigenvalue weighted by Crippen LogP contribution is 2.24. The fourth-order valence-corrected chi connectivity index (χ4v) is 2.51. The van der Waals surface area contributed by atoms with Crippen molar-refractivity contribution < 1.29 is 15.0 Å². The number of carbonyl (C=O) groups is 1. The van der Waals surface area contributed by atoms with Gasteiger partial charge in [-0.3, -0.25) is 9.78 Å². The molecule has 0 aliphatic carbocycles. The third-order valence-electron chi connectivity index (χ3n) is 3.72. The number of nitrogens with one attached hydrogen (secondary N) is 1.